The summed E-state index contributed by atoms with van der Waals surface area (Å²) in [5, 5.41) is 8.62. The molecule has 0 aliphatic carbocycles. The normalized spacial score (nSPS) is 10.5. The SMILES string of the molecule is CC(C)CC(=O)NC(=S)Nc1ccc(C(=O)NC(C)C)cc1. The number of anilines is 1. The number of thiocarbonyl (C=S) groups is 1. The summed E-state index contributed by atoms with van der Waals surface area (Å²) in [6.07, 6.45) is 0.427. The quantitative estimate of drug-likeness (QED) is 0.729. The van der Waals surface area contributed by atoms with Crippen LogP contribution in [-0.2, 0) is 4.79 Å². The molecular formula is C16H23N3O2S. The zero-order chi connectivity index (χ0) is 16.7. The van der Waals surface area contributed by atoms with Gasteiger partial charge >= 0.3 is 0 Å². The smallest absolute Gasteiger partial charge is 0.251 e. The van der Waals surface area contributed by atoms with Gasteiger partial charge in [-0.3, -0.25) is 9.59 Å². The van der Waals surface area contributed by atoms with Crippen LogP contribution in [0.2, 0.25) is 0 Å². The second-order valence-corrected chi connectivity index (χ2v) is 6.21. The van der Waals surface area contributed by atoms with Crippen LogP contribution in [0.4, 0.5) is 5.69 Å². The maximum absolute atomic E-state index is 11.8. The lowest BCUT2D eigenvalue weighted by Crippen LogP contribution is -2.34. The van der Waals surface area contributed by atoms with Gasteiger partial charge in [0.2, 0.25) is 5.91 Å². The minimum absolute atomic E-state index is 0.0917. The van der Waals surface area contributed by atoms with Gasteiger partial charge in [-0.1, -0.05) is 13.8 Å². The van der Waals surface area contributed by atoms with Crippen molar-refractivity contribution in [3.63, 3.8) is 0 Å². The highest BCUT2D eigenvalue weighted by atomic mass is 32.1. The number of hydrogen-bond acceptors (Lipinski definition) is 3. The molecule has 5 nitrogen and oxygen atoms in total. The fraction of sp³-hybridized carbons (Fsp3) is 0.438. The van der Waals surface area contributed by atoms with Gasteiger partial charge in [0.1, 0.15) is 0 Å². The first-order chi connectivity index (χ1) is 10.3. The van der Waals surface area contributed by atoms with E-state index in [0.717, 1.165) is 5.69 Å². The molecule has 120 valence electrons. The van der Waals surface area contributed by atoms with Crippen molar-refractivity contribution in [3.8, 4) is 0 Å². The second-order valence-electron chi connectivity index (χ2n) is 5.81. The van der Waals surface area contributed by atoms with Gasteiger partial charge in [-0.05, 0) is 56.2 Å². The molecule has 0 atom stereocenters. The number of amides is 2. The Labute approximate surface area is 136 Å². The van der Waals surface area contributed by atoms with Crippen LogP contribution in [0.15, 0.2) is 24.3 Å². The fourth-order valence-corrected chi connectivity index (χ4v) is 1.99. The molecule has 0 aliphatic heterocycles. The fourth-order valence-electron chi connectivity index (χ4n) is 1.76. The van der Waals surface area contributed by atoms with E-state index in [4.69, 9.17) is 12.2 Å². The third-order valence-electron chi connectivity index (χ3n) is 2.67. The molecular weight excluding hydrogens is 298 g/mol. The molecule has 0 unspecified atom stereocenters. The first-order valence-electron chi connectivity index (χ1n) is 7.29. The van der Waals surface area contributed by atoms with Gasteiger partial charge < -0.3 is 16.0 Å². The predicted octanol–water partition coefficient (Wildman–Crippen LogP) is 2.68. The van der Waals surface area contributed by atoms with E-state index < -0.39 is 0 Å². The maximum atomic E-state index is 11.8. The molecule has 0 heterocycles. The summed E-state index contributed by atoms with van der Waals surface area (Å²) >= 11 is 5.08. The highest BCUT2D eigenvalue weighted by molar-refractivity contribution is 7.80. The van der Waals surface area contributed by atoms with E-state index in [0.29, 0.717) is 12.0 Å². The molecule has 1 aromatic rings. The van der Waals surface area contributed by atoms with Gasteiger partial charge in [0.05, 0.1) is 0 Å². The third kappa shape index (κ3) is 6.67. The molecule has 0 spiro atoms. The molecule has 6 heteroatoms. The molecule has 3 N–H and O–H groups in total. The van der Waals surface area contributed by atoms with Gasteiger partial charge in [-0.15, -0.1) is 0 Å². The zero-order valence-electron chi connectivity index (χ0n) is 13.4. The van der Waals surface area contributed by atoms with E-state index in [2.05, 4.69) is 16.0 Å². The Morgan fingerprint density at radius 3 is 2.18 bits per heavy atom. The monoisotopic (exact) mass is 321 g/mol. The summed E-state index contributed by atoms with van der Waals surface area (Å²) in [7, 11) is 0. The van der Waals surface area contributed by atoms with E-state index in [-0.39, 0.29) is 28.9 Å². The molecule has 2 amide bonds. The summed E-state index contributed by atoms with van der Waals surface area (Å²) in [5.41, 5.74) is 1.30. The van der Waals surface area contributed by atoms with Gasteiger partial charge in [0.25, 0.3) is 5.91 Å². The highest BCUT2D eigenvalue weighted by Crippen LogP contribution is 2.10. The number of nitrogens with one attached hydrogen (secondary N) is 3. The Morgan fingerprint density at radius 2 is 1.68 bits per heavy atom. The Kier molecular flexibility index (Phi) is 6.98. The van der Waals surface area contributed by atoms with Crippen LogP contribution in [0.25, 0.3) is 0 Å². The van der Waals surface area contributed by atoms with Gasteiger partial charge in [0, 0.05) is 23.7 Å². The minimum atomic E-state index is -0.116. The molecule has 0 fully saturated rings. The summed E-state index contributed by atoms with van der Waals surface area (Å²) in [4.78, 5) is 23.4. The summed E-state index contributed by atoms with van der Waals surface area (Å²) < 4.78 is 0. The molecule has 0 aliphatic rings. The van der Waals surface area contributed by atoms with Crippen LogP contribution >= 0.6 is 12.2 Å². The molecule has 1 rings (SSSR count). The van der Waals surface area contributed by atoms with E-state index in [9.17, 15) is 9.59 Å². The van der Waals surface area contributed by atoms with Crippen molar-refractivity contribution in [1.29, 1.82) is 0 Å². The lowest BCUT2D eigenvalue weighted by Gasteiger charge is -2.11. The van der Waals surface area contributed by atoms with Crippen molar-refractivity contribution >= 4 is 34.8 Å². The molecule has 0 saturated heterocycles. The van der Waals surface area contributed by atoms with Crippen molar-refractivity contribution in [1.82, 2.24) is 10.6 Å². The van der Waals surface area contributed by atoms with Gasteiger partial charge in [-0.2, -0.15) is 0 Å². The van der Waals surface area contributed by atoms with Crippen molar-refractivity contribution in [2.24, 2.45) is 5.92 Å². The Bertz CT molecular complexity index is 539. The predicted molar refractivity (Wildman–Crippen MR) is 92.9 cm³/mol. The molecule has 1 aromatic carbocycles. The first-order valence-corrected chi connectivity index (χ1v) is 7.70. The van der Waals surface area contributed by atoms with Crippen LogP contribution in [-0.4, -0.2) is 23.0 Å². The lowest BCUT2D eigenvalue weighted by molar-refractivity contribution is -0.120. The topological polar surface area (TPSA) is 70.2 Å². The number of benzene rings is 1. The van der Waals surface area contributed by atoms with E-state index in [1.807, 2.05) is 27.7 Å². The van der Waals surface area contributed by atoms with Crippen molar-refractivity contribution in [2.75, 3.05) is 5.32 Å². The lowest BCUT2D eigenvalue weighted by atomic mass is 10.1. The van der Waals surface area contributed by atoms with Crippen molar-refractivity contribution < 1.29 is 9.59 Å². The minimum Gasteiger partial charge on any atom is -0.350 e. The second kappa shape index (κ2) is 8.48. The van der Waals surface area contributed by atoms with Gasteiger partial charge in [0.15, 0.2) is 5.11 Å². The zero-order valence-corrected chi connectivity index (χ0v) is 14.2. The Hall–Kier alpha value is -1.95. The molecule has 22 heavy (non-hydrogen) atoms. The molecule has 0 radical (unpaired) electrons. The summed E-state index contributed by atoms with van der Waals surface area (Å²) in [6, 6.07) is 7.00. The van der Waals surface area contributed by atoms with Gasteiger partial charge in [-0.25, -0.2) is 0 Å². The van der Waals surface area contributed by atoms with Crippen LogP contribution in [0.1, 0.15) is 44.5 Å². The Morgan fingerprint density at radius 1 is 1.09 bits per heavy atom. The summed E-state index contributed by atoms with van der Waals surface area (Å²) in [5.74, 6) is 0.0522. The van der Waals surface area contributed by atoms with Crippen LogP contribution in [0.3, 0.4) is 0 Å². The highest BCUT2D eigenvalue weighted by Gasteiger charge is 2.09. The number of hydrogen-bond donors (Lipinski definition) is 3. The van der Waals surface area contributed by atoms with E-state index in [1.54, 1.807) is 24.3 Å². The number of carbonyl (C=O) groups excluding carboxylic acids is 2. The van der Waals surface area contributed by atoms with Crippen LogP contribution < -0.4 is 16.0 Å². The first kappa shape index (κ1) is 18.1. The molecule has 0 bridgehead atoms. The van der Waals surface area contributed by atoms with Crippen LogP contribution in [0, 0.1) is 5.92 Å². The molecule has 0 aromatic heterocycles. The van der Waals surface area contributed by atoms with Crippen molar-refractivity contribution in [2.45, 2.75) is 40.2 Å². The largest absolute Gasteiger partial charge is 0.350 e. The average Bonchev–Trinajstić information content (AvgIpc) is 2.37. The summed E-state index contributed by atoms with van der Waals surface area (Å²) in [6.45, 7) is 7.76. The van der Waals surface area contributed by atoms with Crippen molar-refractivity contribution in [3.05, 3.63) is 29.8 Å². The number of carbonyl (C=O) groups is 2. The third-order valence-corrected chi connectivity index (χ3v) is 2.88. The standard InChI is InChI=1S/C16H23N3O2S/c1-10(2)9-14(20)19-16(22)18-13-7-5-12(6-8-13)15(21)17-11(3)4/h5-8,10-11H,9H2,1-4H3,(H,17,21)(H2,18,19,20,22). The van der Waals surface area contributed by atoms with E-state index in [1.165, 1.54) is 0 Å². The van der Waals surface area contributed by atoms with Crippen LogP contribution in [0.5, 0.6) is 0 Å². The Balaban J connectivity index is 2.55. The maximum Gasteiger partial charge on any atom is 0.251 e. The average molecular weight is 321 g/mol. The van der Waals surface area contributed by atoms with E-state index >= 15 is 0 Å². The molecule has 0 saturated carbocycles. The number of rotatable bonds is 5.